The van der Waals surface area contributed by atoms with E-state index in [1.165, 1.54) is 54.9 Å². The second kappa shape index (κ2) is 19.3. The van der Waals surface area contributed by atoms with Crippen LogP contribution in [0.2, 0.25) is 0 Å². The van der Waals surface area contributed by atoms with E-state index in [0.29, 0.717) is 12.1 Å². The summed E-state index contributed by atoms with van der Waals surface area (Å²) < 4.78 is 0. The highest BCUT2D eigenvalue weighted by molar-refractivity contribution is 6.27. The second-order valence-corrected chi connectivity index (χ2v) is 13.8. The van der Waals surface area contributed by atoms with Crippen LogP contribution >= 0.6 is 0 Å². The lowest BCUT2D eigenvalue weighted by atomic mass is 9.94. The van der Waals surface area contributed by atoms with Gasteiger partial charge in [-0.2, -0.15) is 0 Å². The van der Waals surface area contributed by atoms with Gasteiger partial charge in [-0.25, -0.2) is 9.59 Å². The highest BCUT2D eigenvalue weighted by atomic mass is 16.4. The van der Waals surface area contributed by atoms with Crippen molar-refractivity contribution in [3.63, 3.8) is 0 Å². The van der Waals surface area contributed by atoms with E-state index in [2.05, 4.69) is 185 Å². The Morgan fingerprint density at radius 3 is 1.19 bits per heavy atom. The van der Waals surface area contributed by atoms with E-state index in [4.69, 9.17) is 19.8 Å². The number of nitrogens with zero attached hydrogens (tertiary/aromatic N) is 2. The molecule has 2 unspecified atom stereocenters. The maximum atomic E-state index is 9.10. The predicted molar refractivity (Wildman–Crippen MR) is 215 cm³/mol. The van der Waals surface area contributed by atoms with Crippen molar-refractivity contribution in [1.29, 1.82) is 0 Å². The Labute approximate surface area is 309 Å². The molecule has 6 heteroatoms. The Kier molecular flexibility index (Phi) is 14.7. The molecule has 0 fully saturated rings. The molecule has 6 aromatic carbocycles. The summed E-state index contributed by atoms with van der Waals surface area (Å²) in [5.41, 5.74) is 8.38. The number of aryl methyl sites for hydroxylation is 4. The number of aliphatic carboxylic acids is 2. The van der Waals surface area contributed by atoms with Gasteiger partial charge in [-0.15, -0.1) is 0 Å². The fourth-order valence-corrected chi connectivity index (χ4v) is 6.81. The van der Waals surface area contributed by atoms with E-state index >= 15 is 0 Å². The van der Waals surface area contributed by atoms with Gasteiger partial charge in [-0.05, 0) is 112 Å². The van der Waals surface area contributed by atoms with Crippen LogP contribution in [0.1, 0.15) is 58.3 Å². The van der Waals surface area contributed by atoms with Crippen LogP contribution in [0.3, 0.4) is 0 Å². The minimum atomic E-state index is -1.82. The molecule has 2 N–H and O–H groups in total. The fraction of sp³-hybridized carbons (Fsp3) is 0.261. The van der Waals surface area contributed by atoms with Crippen molar-refractivity contribution in [1.82, 2.24) is 9.80 Å². The van der Waals surface area contributed by atoms with E-state index in [0.717, 1.165) is 25.7 Å². The van der Waals surface area contributed by atoms with Crippen LogP contribution in [0.4, 0.5) is 0 Å². The third-order valence-electron chi connectivity index (χ3n) is 9.42. The summed E-state index contributed by atoms with van der Waals surface area (Å²) in [6.45, 7) is 4.34. The van der Waals surface area contributed by atoms with Crippen molar-refractivity contribution in [3.05, 3.63) is 167 Å². The quantitative estimate of drug-likeness (QED) is 0.139. The Hall–Kier alpha value is -5.30. The zero-order chi connectivity index (χ0) is 37.6. The van der Waals surface area contributed by atoms with Crippen molar-refractivity contribution in [2.75, 3.05) is 28.2 Å². The zero-order valence-corrected chi connectivity index (χ0v) is 31.3. The van der Waals surface area contributed by atoms with E-state index in [-0.39, 0.29) is 0 Å². The minimum absolute atomic E-state index is 0.453. The first-order valence-electron chi connectivity index (χ1n) is 17.8. The Bertz CT molecular complexity index is 1910. The van der Waals surface area contributed by atoms with Crippen LogP contribution in [-0.4, -0.2) is 60.1 Å². The molecule has 6 nitrogen and oxygen atoms in total. The number of fused-ring (bicyclic) bond motifs is 2. The van der Waals surface area contributed by atoms with Crippen LogP contribution < -0.4 is 0 Å². The monoisotopic (exact) mass is 696 g/mol. The predicted octanol–water partition coefficient (Wildman–Crippen LogP) is 9.92. The first-order chi connectivity index (χ1) is 24.9. The smallest absolute Gasteiger partial charge is 0.414 e. The molecule has 6 rings (SSSR count). The number of carboxylic acid groups (broad SMARTS) is 2. The summed E-state index contributed by atoms with van der Waals surface area (Å²) in [5.74, 6) is -3.65. The third kappa shape index (κ3) is 11.4. The number of rotatable bonds is 10. The lowest BCUT2D eigenvalue weighted by molar-refractivity contribution is -0.159. The van der Waals surface area contributed by atoms with E-state index in [9.17, 15) is 0 Å². The number of hydrogen-bond donors (Lipinski definition) is 2. The molecule has 270 valence electrons. The highest BCUT2D eigenvalue weighted by Crippen LogP contribution is 2.29. The van der Waals surface area contributed by atoms with Crippen LogP contribution in [0.15, 0.2) is 133 Å². The summed E-state index contributed by atoms with van der Waals surface area (Å²) in [6.07, 6.45) is 4.45. The standard InChI is InChI=1S/2C22H25N.C2H2O4/c2*1-17-8-6-12-20(16-17)22(23(2)3)15-14-19-11-7-10-18-9-4-5-13-21(18)19;3-1(4)2(5)6/h2*4-13,16,22H,14-15H2,1-3H3;(H,3,4)(H,5,6). The highest BCUT2D eigenvalue weighted by Gasteiger charge is 2.16. The SMILES string of the molecule is Cc1cccc(C(CCc2cccc3ccccc23)N(C)C)c1.Cc1cccc(C(CCc2cccc3ccccc23)N(C)C)c1.O=C(O)C(=O)O. The summed E-state index contributed by atoms with van der Waals surface area (Å²) in [7, 11) is 8.71. The molecular formula is C46H52N2O4. The van der Waals surface area contributed by atoms with Gasteiger partial charge in [0, 0.05) is 12.1 Å². The number of carbonyl (C=O) groups is 2. The maximum Gasteiger partial charge on any atom is 0.414 e. The largest absolute Gasteiger partial charge is 0.473 e. The Balaban J connectivity index is 0.000000202. The topological polar surface area (TPSA) is 81.1 Å². The summed E-state index contributed by atoms with van der Waals surface area (Å²) in [4.78, 5) is 22.9. The molecule has 52 heavy (non-hydrogen) atoms. The van der Waals surface area contributed by atoms with Crippen molar-refractivity contribution < 1.29 is 19.8 Å². The van der Waals surface area contributed by atoms with Gasteiger partial charge in [0.15, 0.2) is 0 Å². The van der Waals surface area contributed by atoms with Crippen molar-refractivity contribution in [3.8, 4) is 0 Å². The zero-order valence-electron chi connectivity index (χ0n) is 31.3. The number of benzene rings is 6. The van der Waals surface area contributed by atoms with Crippen molar-refractivity contribution >= 4 is 33.5 Å². The molecule has 2 atom stereocenters. The summed E-state index contributed by atoms with van der Waals surface area (Å²) >= 11 is 0. The van der Waals surface area contributed by atoms with Gasteiger partial charge in [0.1, 0.15) is 0 Å². The molecule has 0 heterocycles. The number of carboxylic acids is 2. The average molecular weight is 697 g/mol. The van der Waals surface area contributed by atoms with E-state index in [1.807, 2.05) is 0 Å². The van der Waals surface area contributed by atoms with Gasteiger partial charge < -0.3 is 20.0 Å². The molecule has 0 saturated carbocycles. The summed E-state index contributed by atoms with van der Waals surface area (Å²) in [6, 6.07) is 49.3. The molecule has 0 aliphatic carbocycles. The molecule has 0 bridgehead atoms. The van der Waals surface area contributed by atoms with Crippen LogP contribution in [0.5, 0.6) is 0 Å². The lowest BCUT2D eigenvalue weighted by Crippen LogP contribution is -2.20. The van der Waals surface area contributed by atoms with Gasteiger partial charge in [0.25, 0.3) is 0 Å². The molecule has 0 saturated heterocycles. The average Bonchev–Trinajstić information content (AvgIpc) is 3.12. The Morgan fingerprint density at radius 1 is 0.500 bits per heavy atom. The van der Waals surface area contributed by atoms with Crippen LogP contribution in [-0.2, 0) is 22.4 Å². The summed E-state index contributed by atoms with van der Waals surface area (Å²) in [5, 5.41) is 20.2. The van der Waals surface area contributed by atoms with Gasteiger partial charge in [0.05, 0.1) is 0 Å². The normalized spacial score (nSPS) is 12.1. The van der Waals surface area contributed by atoms with E-state index < -0.39 is 11.9 Å². The number of hydrogen-bond acceptors (Lipinski definition) is 4. The molecule has 0 aliphatic rings. The van der Waals surface area contributed by atoms with Crippen molar-refractivity contribution in [2.45, 2.75) is 51.6 Å². The van der Waals surface area contributed by atoms with Crippen LogP contribution in [0.25, 0.3) is 21.5 Å². The first kappa shape index (κ1) is 39.5. The Morgan fingerprint density at radius 2 is 0.846 bits per heavy atom. The molecule has 0 aromatic heterocycles. The van der Waals surface area contributed by atoms with E-state index in [1.54, 1.807) is 0 Å². The molecule has 0 aliphatic heterocycles. The molecule has 0 radical (unpaired) electrons. The molecule has 0 spiro atoms. The molecular weight excluding hydrogens is 645 g/mol. The minimum Gasteiger partial charge on any atom is -0.473 e. The van der Waals surface area contributed by atoms with Gasteiger partial charge in [-0.1, -0.05) is 145 Å². The molecule has 0 amide bonds. The maximum absolute atomic E-state index is 9.10. The van der Waals surface area contributed by atoms with Crippen LogP contribution in [0, 0.1) is 13.8 Å². The van der Waals surface area contributed by atoms with Gasteiger partial charge in [0.2, 0.25) is 0 Å². The second-order valence-electron chi connectivity index (χ2n) is 13.8. The van der Waals surface area contributed by atoms with Gasteiger partial charge >= 0.3 is 11.9 Å². The first-order valence-corrected chi connectivity index (χ1v) is 17.8. The van der Waals surface area contributed by atoms with Crippen molar-refractivity contribution in [2.24, 2.45) is 0 Å². The molecule has 6 aromatic rings. The fourth-order valence-electron chi connectivity index (χ4n) is 6.81. The third-order valence-corrected chi connectivity index (χ3v) is 9.42. The lowest BCUT2D eigenvalue weighted by Gasteiger charge is -2.25. The van der Waals surface area contributed by atoms with Gasteiger partial charge in [-0.3, -0.25) is 0 Å².